The molecule has 1 atom stereocenters. The number of aromatic nitrogens is 3. The number of benzene rings is 2. The Morgan fingerprint density at radius 2 is 2.06 bits per heavy atom. The highest BCUT2D eigenvalue weighted by molar-refractivity contribution is 7.99. The number of nitrogens with zero attached hydrogens (tertiary/aromatic N) is 3. The maximum absolute atomic E-state index is 12.4. The van der Waals surface area contributed by atoms with Gasteiger partial charge < -0.3 is 10.1 Å². The first-order valence-corrected chi connectivity index (χ1v) is 11.3. The number of aryl methyl sites for hydroxylation is 1. The van der Waals surface area contributed by atoms with E-state index in [4.69, 9.17) is 27.9 Å². The van der Waals surface area contributed by atoms with E-state index in [0.29, 0.717) is 33.3 Å². The van der Waals surface area contributed by atoms with Crippen LogP contribution in [-0.2, 0) is 11.3 Å². The van der Waals surface area contributed by atoms with Crippen LogP contribution in [0.2, 0.25) is 10.0 Å². The number of anilines is 1. The average molecular weight is 477 g/mol. The molecule has 1 amide bonds. The van der Waals surface area contributed by atoms with Crippen LogP contribution in [0.5, 0.6) is 5.75 Å². The molecule has 0 radical (unpaired) electrons. The van der Waals surface area contributed by atoms with Gasteiger partial charge in [0.15, 0.2) is 17.1 Å². The number of hydrogen-bond donors (Lipinski definition) is 1. The predicted molar refractivity (Wildman–Crippen MR) is 126 cm³/mol. The van der Waals surface area contributed by atoms with Crippen LogP contribution < -0.4 is 10.1 Å². The van der Waals surface area contributed by atoms with Crippen LogP contribution in [0.3, 0.4) is 0 Å². The first-order valence-electron chi connectivity index (χ1n) is 9.53. The van der Waals surface area contributed by atoms with Crippen LogP contribution in [0, 0.1) is 6.92 Å². The summed E-state index contributed by atoms with van der Waals surface area (Å²) in [6, 6.07) is 12.6. The highest BCUT2D eigenvalue weighted by Crippen LogP contribution is 2.29. The lowest BCUT2D eigenvalue weighted by Crippen LogP contribution is -2.16. The van der Waals surface area contributed by atoms with Crippen molar-refractivity contribution in [3.63, 3.8) is 0 Å². The zero-order valence-corrected chi connectivity index (χ0v) is 19.5. The van der Waals surface area contributed by atoms with Gasteiger partial charge in [0.05, 0.1) is 10.8 Å². The fourth-order valence-corrected chi connectivity index (χ4v) is 4.04. The van der Waals surface area contributed by atoms with Gasteiger partial charge in [-0.15, -0.1) is 16.8 Å². The van der Waals surface area contributed by atoms with Crippen molar-refractivity contribution in [1.29, 1.82) is 0 Å². The second-order valence-electron chi connectivity index (χ2n) is 6.73. The highest BCUT2D eigenvalue weighted by Gasteiger charge is 2.20. The molecule has 0 saturated carbocycles. The minimum atomic E-state index is -0.396. The smallest absolute Gasteiger partial charge is 0.234 e. The van der Waals surface area contributed by atoms with Crippen molar-refractivity contribution in [2.24, 2.45) is 0 Å². The molecule has 0 bridgehead atoms. The Kier molecular flexibility index (Phi) is 8.01. The van der Waals surface area contributed by atoms with Gasteiger partial charge in [-0.1, -0.05) is 53.2 Å². The zero-order valence-electron chi connectivity index (χ0n) is 17.1. The van der Waals surface area contributed by atoms with E-state index < -0.39 is 6.10 Å². The molecule has 1 unspecified atom stereocenters. The number of rotatable bonds is 9. The second kappa shape index (κ2) is 10.7. The van der Waals surface area contributed by atoms with Crippen LogP contribution >= 0.6 is 35.0 Å². The monoisotopic (exact) mass is 476 g/mol. The van der Waals surface area contributed by atoms with E-state index in [1.807, 2.05) is 30.5 Å². The van der Waals surface area contributed by atoms with Gasteiger partial charge in [-0.2, -0.15) is 0 Å². The summed E-state index contributed by atoms with van der Waals surface area (Å²) in [5.74, 6) is 1.22. The minimum absolute atomic E-state index is 0.148. The van der Waals surface area contributed by atoms with Crippen LogP contribution in [0.4, 0.5) is 5.69 Å². The molecule has 162 valence electrons. The van der Waals surface area contributed by atoms with Crippen LogP contribution in [-0.4, -0.2) is 26.4 Å². The molecule has 6 nitrogen and oxygen atoms in total. The number of carbonyl (C=O) groups is 1. The molecular formula is C22H22Cl2N4O2S. The highest BCUT2D eigenvalue weighted by atomic mass is 35.5. The van der Waals surface area contributed by atoms with Gasteiger partial charge in [0.25, 0.3) is 0 Å². The second-order valence-corrected chi connectivity index (χ2v) is 8.51. The molecule has 0 fully saturated rings. The van der Waals surface area contributed by atoms with E-state index in [0.717, 1.165) is 11.3 Å². The molecular weight excluding hydrogens is 455 g/mol. The summed E-state index contributed by atoms with van der Waals surface area (Å²) in [4.78, 5) is 12.4. The molecule has 1 heterocycles. The van der Waals surface area contributed by atoms with Crippen molar-refractivity contribution in [2.45, 2.75) is 31.7 Å². The van der Waals surface area contributed by atoms with Crippen molar-refractivity contribution >= 4 is 46.6 Å². The standard InChI is InChI=1S/C22H22Cl2N4O2S/c1-4-11-28-21(15(3)30-19-8-6-5-7-17(19)24)26-27-22(28)31-13-20(29)25-18-10-9-16(23)12-14(18)2/h4-10,12,15H,1,11,13H2,2-3H3,(H,25,29). The molecule has 0 saturated heterocycles. The van der Waals surface area contributed by atoms with Gasteiger partial charge >= 0.3 is 0 Å². The fraction of sp³-hybridized carbons (Fsp3) is 0.227. The molecule has 0 spiro atoms. The molecule has 0 aliphatic carbocycles. The number of halogens is 2. The Labute approximate surface area is 195 Å². The predicted octanol–water partition coefficient (Wildman–Crippen LogP) is 5.95. The summed E-state index contributed by atoms with van der Waals surface area (Å²) in [6.07, 6.45) is 1.35. The van der Waals surface area contributed by atoms with Crippen molar-refractivity contribution in [1.82, 2.24) is 14.8 Å². The van der Waals surface area contributed by atoms with Crippen LogP contribution in [0.15, 0.2) is 60.3 Å². The van der Waals surface area contributed by atoms with Crippen molar-refractivity contribution in [3.8, 4) is 5.75 Å². The molecule has 2 aromatic carbocycles. The molecule has 9 heteroatoms. The molecule has 3 rings (SSSR count). The Hall–Kier alpha value is -2.48. The Morgan fingerprint density at radius 1 is 1.29 bits per heavy atom. The Morgan fingerprint density at radius 3 is 2.77 bits per heavy atom. The van der Waals surface area contributed by atoms with Gasteiger partial charge in [-0.25, -0.2) is 0 Å². The summed E-state index contributed by atoms with van der Waals surface area (Å²) in [6.45, 7) is 8.05. The topological polar surface area (TPSA) is 69.0 Å². The summed E-state index contributed by atoms with van der Waals surface area (Å²) in [5, 5.41) is 13.2. The van der Waals surface area contributed by atoms with Crippen molar-refractivity contribution < 1.29 is 9.53 Å². The largest absolute Gasteiger partial charge is 0.481 e. The van der Waals surface area contributed by atoms with E-state index in [1.54, 1.807) is 36.4 Å². The third-order valence-electron chi connectivity index (χ3n) is 4.36. The number of allylic oxidation sites excluding steroid dienone is 1. The number of hydrogen-bond acceptors (Lipinski definition) is 5. The zero-order chi connectivity index (χ0) is 22.4. The third kappa shape index (κ3) is 6.03. The Bertz CT molecular complexity index is 1090. The lowest BCUT2D eigenvalue weighted by molar-refractivity contribution is -0.113. The maximum atomic E-state index is 12.4. The number of carbonyl (C=O) groups excluding carboxylic acids is 1. The molecule has 1 N–H and O–H groups in total. The van der Waals surface area contributed by atoms with Gasteiger partial charge in [0, 0.05) is 17.3 Å². The first kappa shape index (κ1) is 23.2. The van der Waals surface area contributed by atoms with Gasteiger partial charge in [-0.05, 0) is 49.7 Å². The van der Waals surface area contributed by atoms with E-state index in [1.165, 1.54) is 11.8 Å². The molecule has 0 aliphatic rings. The first-order chi connectivity index (χ1) is 14.9. The quantitative estimate of drug-likeness (QED) is 0.305. The van der Waals surface area contributed by atoms with E-state index in [-0.39, 0.29) is 11.7 Å². The van der Waals surface area contributed by atoms with Crippen molar-refractivity contribution in [3.05, 3.63) is 76.6 Å². The summed E-state index contributed by atoms with van der Waals surface area (Å²) in [5.41, 5.74) is 1.62. The van der Waals surface area contributed by atoms with E-state index in [9.17, 15) is 4.79 Å². The summed E-state index contributed by atoms with van der Waals surface area (Å²) >= 11 is 13.5. The summed E-state index contributed by atoms with van der Waals surface area (Å²) < 4.78 is 7.85. The number of para-hydroxylation sites is 1. The molecule has 0 aliphatic heterocycles. The minimum Gasteiger partial charge on any atom is -0.481 e. The number of amides is 1. The van der Waals surface area contributed by atoms with E-state index >= 15 is 0 Å². The fourth-order valence-electron chi connectivity index (χ4n) is 2.88. The normalized spacial score (nSPS) is 11.7. The van der Waals surface area contributed by atoms with Crippen LogP contribution in [0.1, 0.15) is 24.4 Å². The Balaban J connectivity index is 1.69. The molecule has 31 heavy (non-hydrogen) atoms. The average Bonchev–Trinajstić information content (AvgIpc) is 3.13. The number of thioether (sulfide) groups is 1. The molecule has 3 aromatic rings. The number of nitrogens with one attached hydrogen (secondary N) is 1. The van der Waals surface area contributed by atoms with Gasteiger partial charge in [0.1, 0.15) is 5.75 Å². The van der Waals surface area contributed by atoms with Gasteiger partial charge in [0.2, 0.25) is 5.91 Å². The SMILES string of the molecule is C=CCn1c(SCC(=O)Nc2ccc(Cl)cc2C)nnc1C(C)Oc1ccccc1Cl. The lowest BCUT2D eigenvalue weighted by atomic mass is 10.2. The lowest BCUT2D eigenvalue weighted by Gasteiger charge is -2.16. The van der Waals surface area contributed by atoms with Crippen LogP contribution in [0.25, 0.3) is 0 Å². The summed E-state index contributed by atoms with van der Waals surface area (Å²) in [7, 11) is 0. The van der Waals surface area contributed by atoms with Crippen molar-refractivity contribution in [2.75, 3.05) is 11.1 Å². The number of ether oxygens (including phenoxy) is 1. The van der Waals surface area contributed by atoms with E-state index in [2.05, 4.69) is 22.1 Å². The maximum Gasteiger partial charge on any atom is 0.234 e. The van der Waals surface area contributed by atoms with Gasteiger partial charge in [-0.3, -0.25) is 9.36 Å². The third-order valence-corrected chi connectivity index (χ3v) is 5.87. The molecule has 1 aromatic heterocycles.